The van der Waals surface area contributed by atoms with Gasteiger partial charge in [0.2, 0.25) is 0 Å². The Morgan fingerprint density at radius 1 is 0.865 bits per heavy atom. The van der Waals surface area contributed by atoms with Crippen LogP contribution < -0.4 is 0 Å². The zero-order valence-corrected chi connectivity index (χ0v) is 25.1. The molecule has 0 saturated heterocycles. The summed E-state index contributed by atoms with van der Waals surface area (Å²) in [6.45, 7) is 18.8. The molecule has 204 valence electrons. The molecule has 2 rings (SSSR count). The van der Waals surface area contributed by atoms with Gasteiger partial charge < -0.3 is 4.74 Å². The Morgan fingerprint density at radius 2 is 1.38 bits per heavy atom. The first-order valence-electron chi connectivity index (χ1n) is 13.4. The molecule has 0 saturated carbocycles. The van der Waals surface area contributed by atoms with Gasteiger partial charge in [0.15, 0.2) is 15.6 Å². The Kier molecular flexibility index (Phi) is 10.9. The number of hydrogen-bond acceptors (Lipinski definition) is 4. The molecule has 0 aliphatic carbocycles. The lowest BCUT2D eigenvalue weighted by Gasteiger charge is -2.30. The first-order chi connectivity index (χ1) is 17.1. The van der Waals surface area contributed by atoms with Gasteiger partial charge in [0, 0.05) is 18.2 Å². The molecular weight excluding hydrogens is 480 g/mol. The van der Waals surface area contributed by atoms with E-state index in [1.54, 1.807) is 25.1 Å². The Balaban J connectivity index is 2.57. The number of sulfone groups is 1. The maximum atomic E-state index is 13.2. The summed E-state index contributed by atoms with van der Waals surface area (Å²) in [6, 6.07) is 13.8. The van der Waals surface area contributed by atoms with Crippen molar-refractivity contribution < 1.29 is 17.9 Å². The van der Waals surface area contributed by atoms with Gasteiger partial charge in [-0.05, 0) is 66.4 Å². The number of benzene rings is 2. The van der Waals surface area contributed by atoms with E-state index < -0.39 is 21.2 Å². The number of ether oxygens (including phenoxy) is 1. The van der Waals surface area contributed by atoms with Gasteiger partial charge in [0.05, 0.1) is 17.5 Å². The van der Waals surface area contributed by atoms with Crippen LogP contribution in [0.5, 0.6) is 0 Å². The molecule has 0 bridgehead atoms. The zero-order valence-electron chi connectivity index (χ0n) is 24.3. The Bertz CT molecular complexity index is 1160. The maximum Gasteiger partial charge on any atom is 0.165 e. The molecule has 0 aromatic heterocycles. The number of rotatable bonds is 12. The summed E-state index contributed by atoms with van der Waals surface area (Å²) in [6.07, 6.45) is 2.28. The molecule has 0 unspecified atom stereocenters. The molecule has 3 atom stereocenters. The summed E-state index contributed by atoms with van der Waals surface area (Å²) in [7, 11) is -3.26. The highest BCUT2D eigenvalue weighted by Crippen LogP contribution is 2.38. The quantitative estimate of drug-likeness (QED) is 0.207. The van der Waals surface area contributed by atoms with Crippen molar-refractivity contribution in [1.82, 2.24) is 0 Å². The van der Waals surface area contributed by atoms with Gasteiger partial charge >= 0.3 is 0 Å². The van der Waals surface area contributed by atoms with E-state index in [-0.39, 0.29) is 18.3 Å². The second kappa shape index (κ2) is 13.0. The molecule has 0 aliphatic heterocycles. The van der Waals surface area contributed by atoms with Crippen molar-refractivity contribution in [2.75, 3.05) is 6.26 Å². The van der Waals surface area contributed by atoms with Gasteiger partial charge in [-0.2, -0.15) is 0 Å². The monoisotopic (exact) mass is 526 g/mol. The summed E-state index contributed by atoms with van der Waals surface area (Å²) in [5.74, 6) is 1.01. The molecule has 0 heterocycles. The third-order valence-electron chi connectivity index (χ3n) is 7.10. The van der Waals surface area contributed by atoms with Crippen molar-refractivity contribution in [3.8, 4) is 0 Å². The highest BCUT2D eigenvalue weighted by Gasteiger charge is 2.27. The van der Waals surface area contributed by atoms with E-state index in [1.165, 1.54) is 28.5 Å². The minimum Gasteiger partial charge on any atom is -0.366 e. The molecule has 0 amide bonds. The lowest BCUT2D eigenvalue weighted by atomic mass is 9.82. The van der Waals surface area contributed by atoms with E-state index in [9.17, 15) is 13.2 Å². The van der Waals surface area contributed by atoms with Crippen molar-refractivity contribution in [2.24, 2.45) is 0 Å². The summed E-state index contributed by atoms with van der Waals surface area (Å²) in [5.41, 5.74) is 6.40. The molecule has 0 fully saturated rings. The predicted molar refractivity (Wildman–Crippen MR) is 155 cm³/mol. The van der Waals surface area contributed by atoms with Gasteiger partial charge in [-0.3, -0.25) is 4.79 Å². The van der Waals surface area contributed by atoms with Gasteiger partial charge in [0.25, 0.3) is 0 Å². The molecule has 0 radical (unpaired) electrons. The van der Waals surface area contributed by atoms with Gasteiger partial charge in [-0.25, -0.2) is 8.42 Å². The van der Waals surface area contributed by atoms with Crippen molar-refractivity contribution in [3.05, 3.63) is 81.9 Å². The van der Waals surface area contributed by atoms with Crippen LogP contribution in [0.4, 0.5) is 0 Å². The van der Waals surface area contributed by atoms with Crippen LogP contribution in [0.2, 0.25) is 0 Å². The number of carbonyl (C=O) groups is 1. The Labute approximate surface area is 225 Å². The third kappa shape index (κ3) is 8.38. The zero-order chi connectivity index (χ0) is 28.1. The molecule has 0 N–H and O–H groups in total. The average Bonchev–Trinajstić information content (AvgIpc) is 2.82. The highest BCUT2D eigenvalue weighted by atomic mass is 32.2. The van der Waals surface area contributed by atoms with E-state index >= 15 is 0 Å². The topological polar surface area (TPSA) is 60.4 Å². The highest BCUT2D eigenvalue weighted by molar-refractivity contribution is 7.91. The lowest BCUT2D eigenvalue weighted by molar-refractivity contribution is 0.0128. The molecule has 2 aromatic rings. The molecule has 4 nitrogen and oxygen atoms in total. The fraction of sp³-hybridized carbons (Fsp3) is 0.531. The normalized spacial score (nSPS) is 15.3. The largest absolute Gasteiger partial charge is 0.366 e. The van der Waals surface area contributed by atoms with E-state index in [4.69, 9.17) is 4.74 Å². The smallest absolute Gasteiger partial charge is 0.165 e. The van der Waals surface area contributed by atoms with E-state index in [0.29, 0.717) is 23.3 Å². The summed E-state index contributed by atoms with van der Waals surface area (Å²) in [4.78, 5) is 13.2. The third-order valence-corrected chi connectivity index (χ3v) is 8.59. The maximum absolute atomic E-state index is 13.2. The molecular formula is C32H46O4S. The van der Waals surface area contributed by atoms with Crippen molar-refractivity contribution in [3.63, 3.8) is 0 Å². The van der Waals surface area contributed by atoms with Crippen molar-refractivity contribution in [2.45, 2.75) is 104 Å². The van der Waals surface area contributed by atoms with Crippen LogP contribution in [0, 0.1) is 0 Å². The van der Waals surface area contributed by atoms with Gasteiger partial charge in [-0.1, -0.05) is 90.1 Å². The molecule has 2 aromatic carbocycles. The second-order valence-corrected chi connectivity index (χ2v) is 13.7. The van der Waals surface area contributed by atoms with Crippen molar-refractivity contribution >= 4 is 15.6 Å². The average molecular weight is 527 g/mol. The summed E-state index contributed by atoms with van der Waals surface area (Å²) < 4.78 is 31.0. The fourth-order valence-corrected chi connectivity index (χ4v) is 5.09. The van der Waals surface area contributed by atoms with Crippen LogP contribution in [0.1, 0.15) is 125 Å². The summed E-state index contributed by atoms with van der Waals surface area (Å²) in [5, 5.41) is -0.663. The molecule has 0 aliphatic rings. The first-order valence-corrected chi connectivity index (χ1v) is 15.4. The second-order valence-electron chi connectivity index (χ2n) is 11.3. The van der Waals surface area contributed by atoms with Crippen LogP contribution in [0.25, 0.3) is 0 Å². The SMILES string of the molecule is C/C(=C/[C@H](C)S(C)(=O)=O)[C@@H](CC(=O)c1ccccc1)O[C@@H](C)c1c(C(C)C)cc(C(C)C)cc1C(C)C. The van der Waals surface area contributed by atoms with E-state index in [1.807, 2.05) is 25.1 Å². The van der Waals surface area contributed by atoms with Crippen LogP contribution >= 0.6 is 0 Å². The first kappa shape index (κ1) is 31.0. The standard InChI is InChI=1S/C32H46O4S/c1-20(2)27-17-28(21(3)4)32(29(18-27)22(5)6)25(9)36-31(23(7)16-24(8)37(10,34)35)19-30(33)26-14-12-11-13-15-26/h11-18,20-22,24-25,31H,19H2,1-10H3/b23-16-/t24-,25-,31+/m0/s1. The number of hydrogen-bond donors (Lipinski definition) is 0. The van der Waals surface area contributed by atoms with Crippen LogP contribution in [0.15, 0.2) is 54.1 Å². The van der Waals surface area contributed by atoms with Crippen LogP contribution in [-0.4, -0.2) is 31.8 Å². The number of Topliss-reactive ketones (excluding diaryl/α,β-unsaturated/α-hetero) is 1. The van der Waals surface area contributed by atoms with E-state index in [0.717, 1.165) is 5.57 Å². The molecule has 0 spiro atoms. The Hall–Kier alpha value is -2.24. The predicted octanol–water partition coefficient (Wildman–Crippen LogP) is 8.16. The molecule has 5 heteroatoms. The number of ketones is 1. The van der Waals surface area contributed by atoms with Crippen LogP contribution in [0.3, 0.4) is 0 Å². The lowest BCUT2D eigenvalue weighted by Crippen LogP contribution is -2.24. The van der Waals surface area contributed by atoms with Gasteiger partial charge in [0.1, 0.15) is 0 Å². The molecule has 37 heavy (non-hydrogen) atoms. The van der Waals surface area contributed by atoms with E-state index in [2.05, 4.69) is 60.6 Å². The Morgan fingerprint density at radius 3 is 1.81 bits per heavy atom. The van der Waals surface area contributed by atoms with Crippen LogP contribution in [-0.2, 0) is 14.6 Å². The minimum atomic E-state index is -3.26. The van der Waals surface area contributed by atoms with Crippen molar-refractivity contribution in [1.29, 1.82) is 0 Å². The van der Waals surface area contributed by atoms with Gasteiger partial charge in [-0.15, -0.1) is 0 Å². The minimum absolute atomic E-state index is 0.0270. The summed E-state index contributed by atoms with van der Waals surface area (Å²) >= 11 is 0. The number of carbonyl (C=O) groups excluding carboxylic acids is 1. The fourth-order valence-electron chi connectivity index (χ4n) is 4.62.